The van der Waals surface area contributed by atoms with Crippen LogP contribution in [0.25, 0.3) is 0 Å². The van der Waals surface area contributed by atoms with E-state index in [1.807, 2.05) is 0 Å². The van der Waals surface area contributed by atoms with Gasteiger partial charge in [0.05, 0.1) is 0 Å². The topological polar surface area (TPSA) is 100 Å². The van der Waals surface area contributed by atoms with Gasteiger partial charge in [-0.25, -0.2) is 9.59 Å². The third-order valence-electron chi connectivity index (χ3n) is 3.50. The quantitative estimate of drug-likeness (QED) is 0.708. The van der Waals surface area contributed by atoms with Crippen molar-refractivity contribution < 1.29 is 23.9 Å². The van der Waals surface area contributed by atoms with E-state index in [1.165, 1.54) is 14.1 Å². The minimum Gasteiger partial charge on any atom is -0.342 e. The normalized spacial score (nSPS) is 33.1. The summed E-state index contributed by atoms with van der Waals surface area (Å²) in [5.74, 6) is -2.43. The number of hydrogen-bond donors (Lipinski definition) is 2. The molecule has 0 bridgehead atoms. The summed E-state index contributed by atoms with van der Waals surface area (Å²) in [6.07, 6.45) is 0. The molecule has 0 aromatic heterocycles. The molecule has 5 amide bonds. The van der Waals surface area contributed by atoms with Crippen molar-refractivity contribution >= 4 is 18.0 Å². The highest BCUT2D eigenvalue weighted by Gasteiger charge is 2.75. The van der Waals surface area contributed by atoms with E-state index >= 15 is 0 Å². The molecule has 0 saturated carbocycles. The molecule has 9 heteroatoms. The van der Waals surface area contributed by atoms with E-state index in [-0.39, 0.29) is 13.2 Å². The zero-order valence-corrected chi connectivity index (χ0v) is 11.8. The molecule has 20 heavy (non-hydrogen) atoms. The number of imide groups is 1. The number of nitrogens with one attached hydrogen (secondary N) is 2. The summed E-state index contributed by atoms with van der Waals surface area (Å²) in [6, 6.07) is -1.24. The highest BCUT2D eigenvalue weighted by molar-refractivity contribution is 6.06. The molecule has 2 atom stereocenters. The number of hydrogen-bond acceptors (Lipinski definition) is 5. The maximum Gasteiger partial charge on any atom is 0.326 e. The Balaban J connectivity index is 2.65. The molecular formula is C11H18N4O5. The van der Waals surface area contributed by atoms with E-state index in [2.05, 4.69) is 10.6 Å². The molecule has 2 rings (SSSR count). The van der Waals surface area contributed by atoms with Crippen LogP contribution in [0.3, 0.4) is 0 Å². The van der Waals surface area contributed by atoms with Crippen LogP contribution in [0.2, 0.25) is 0 Å². The van der Waals surface area contributed by atoms with Gasteiger partial charge in [0.15, 0.2) is 0 Å². The van der Waals surface area contributed by atoms with Crippen LogP contribution in [0.4, 0.5) is 9.59 Å². The van der Waals surface area contributed by atoms with Gasteiger partial charge in [0.1, 0.15) is 0 Å². The summed E-state index contributed by atoms with van der Waals surface area (Å²) in [5.41, 5.74) is -1.77. The van der Waals surface area contributed by atoms with Gasteiger partial charge in [-0.15, -0.1) is 0 Å². The molecule has 0 aromatic rings. The monoisotopic (exact) mass is 286 g/mol. The van der Waals surface area contributed by atoms with Crippen molar-refractivity contribution in [3.05, 3.63) is 0 Å². The smallest absolute Gasteiger partial charge is 0.326 e. The molecular weight excluding hydrogens is 268 g/mol. The van der Waals surface area contributed by atoms with Crippen molar-refractivity contribution in [3.8, 4) is 0 Å². The first-order chi connectivity index (χ1) is 9.37. The number of amides is 5. The summed E-state index contributed by atoms with van der Waals surface area (Å²) >= 11 is 0. The molecule has 2 aliphatic heterocycles. The van der Waals surface area contributed by atoms with E-state index in [9.17, 15) is 14.4 Å². The second kappa shape index (κ2) is 4.60. The van der Waals surface area contributed by atoms with Crippen LogP contribution >= 0.6 is 0 Å². The number of nitrogens with zero attached hydrogens (tertiary/aromatic N) is 2. The molecule has 2 N–H and O–H groups in total. The van der Waals surface area contributed by atoms with Crippen molar-refractivity contribution in [1.82, 2.24) is 20.4 Å². The lowest BCUT2D eigenvalue weighted by Crippen LogP contribution is -2.81. The van der Waals surface area contributed by atoms with Gasteiger partial charge in [0, 0.05) is 27.3 Å². The minimum atomic E-state index is -1.77. The maximum atomic E-state index is 12.4. The van der Waals surface area contributed by atoms with Gasteiger partial charge in [-0.1, -0.05) is 0 Å². The Morgan fingerprint density at radius 1 is 1.05 bits per heavy atom. The lowest BCUT2D eigenvalue weighted by Gasteiger charge is -2.48. The van der Waals surface area contributed by atoms with Gasteiger partial charge in [-0.05, 0) is 13.8 Å². The fourth-order valence-electron chi connectivity index (χ4n) is 2.71. The average Bonchev–Trinajstić information content (AvgIpc) is 2.53. The third-order valence-corrected chi connectivity index (χ3v) is 3.50. The third kappa shape index (κ3) is 1.47. The van der Waals surface area contributed by atoms with Crippen LogP contribution in [0.15, 0.2) is 0 Å². The van der Waals surface area contributed by atoms with Crippen molar-refractivity contribution in [2.24, 2.45) is 0 Å². The van der Waals surface area contributed by atoms with Crippen molar-refractivity contribution in [2.75, 3.05) is 27.3 Å². The molecule has 9 nitrogen and oxygen atoms in total. The zero-order chi connectivity index (χ0) is 15.1. The van der Waals surface area contributed by atoms with Gasteiger partial charge in [-0.3, -0.25) is 25.2 Å². The summed E-state index contributed by atoms with van der Waals surface area (Å²) < 4.78 is 11.2. The van der Waals surface area contributed by atoms with Gasteiger partial charge >= 0.3 is 12.1 Å². The predicted molar refractivity (Wildman–Crippen MR) is 66.3 cm³/mol. The van der Waals surface area contributed by atoms with Crippen LogP contribution in [0, 0.1) is 0 Å². The largest absolute Gasteiger partial charge is 0.342 e. The van der Waals surface area contributed by atoms with Crippen LogP contribution < -0.4 is 10.6 Å². The molecule has 2 aliphatic rings. The van der Waals surface area contributed by atoms with Crippen LogP contribution in [-0.4, -0.2) is 66.7 Å². The molecule has 2 heterocycles. The van der Waals surface area contributed by atoms with Gasteiger partial charge < -0.3 is 9.47 Å². The summed E-state index contributed by atoms with van der Waals surface area (Å²) in [5, 5.41) is 4.62. The molecule has 0 radical (unpaired) electrons. The standard InChI is InChI=1S/C11H18N4O5/c1-5-19-10-7(16)12-8(17)13-11(10,20-6-2)15(4)9(18)14(10)3/h5-6H2,1-4H3,(H2,12,13,16,17). The number of carbonyl (C=O) groups excluding carboxylic acids is 3. The van der Waals surface area contributed by atoms with Gasteiger partial charge in [0.25, 0.3) is 17.5 Å². The molecule has 0 spiro atoms. The molecule has 112 valence electrons. The van der Waals surface area contributed by atoms with E-state index in [1.54, 1.807) is 13.8 Å². The Morgan fingerprint density at radius 2 is 1.65 bits per heavy atom. The number of rotatable bonds is 4. The van der Waals surface area contributed by atoms with E-state index < -0.39 is 29.5 Å². The molecule has 2 unspecified atom stereocenters. The number of urea groups is 2. The van der Waals surface area contributed by atoms with Crippen LogP contribution in [-0.2, 0) is 14.3 Å². The summed E-state index contributed by atoms with van der Waals surface area (Å²) in [7, 11) is 2.86. The molecule has 0 aliphatic carbocycles. The lowest BCUT2D eigenvalue weighted by atomic mass is 10.0. The van der Waals surface area contributed by atoms with Crippen molar-refractivity contribution in [1.29, 1.82) is 0 Å². The Labute approximate surface area is 116 Å². The number of carbonyl (C=O) groups is 3. The number of ether oxygens (including phenoxy) is 2. The van der Waals surface area contributed by atoms with Crippen molar-refractivity contribution in [2.45, 2.75) is 25.4 Å². The Morgan fingerprint density at radius 3 is 2.20 bits per heavy atom. The van der Waals surface area contributed by atoms with Crippen molar-refractivity contribution in [3.63, 3.8) is 0 Å². The first kappa shape index (κ1) is 14.5. The summed E-state index contributed by atoms with van der Waals surface area (Å²) in [6.45, 7) is 3.71. The molecule has 2 saturated heterocycles. The summed E-state index contributed by atoms with van der Waals surface area (Å²) in [4.78, 5) is 38.6. The fourth-order valence-corrected chi connectivity index (χ4v) is 2.71. The Kier molecular flexibility index (Phi) is 3.34. The molecule has 2 fully saturated rings. The van der Waals surface area contributed by atoms with Crippen LogP contribution in [0.5, 0.6) is 0 Å². The van der Waals surface area contributed by atoms with Gasteiger partial charge in [0.2, 0.25) is 0 Å². The van der Waals surface area contributed by atoms with E-state index in [4.69, 9.17) is 9.47 Å². The predicted octanol–water partition coefficient (Wildman–Crippen LogP) is -0.754. The Bertz CT molecular complexity index is 470. The number of fused-ring (bicyclic) bond motifs is 1. The Hall–Kier alpha value is -1.87. The first-order valence-electron chi connectivity index (χ1n) is 6.30. The highest BCUT2D eigenvalue weighted by atomic mass is 16.6. The zero-order valence-electron chi connectivity index (χ0n) is 11.8. The highest BCUT2D eigenvalue weighted by Crippen LogP contribution is 2.42. The number of likely N-dealkylation sites (N-methyl/N-ethyl adjacent to an activating group) is 2. The molecule has 0 aromatic carbocycles. The van der Waals surface area contributed by atoms with E-state index in [0.29, 0.717) is 0 Å². The van der Waals surface area contributed by atoms with Crippen LogP contribution in [0.1, 0.15) is 13.8 Å². The SMILES string of the molecule is CCOC12NC(=O)NC(=O)C1(OCC)N(C)C(=O)N2C. The lowest BCUT2D eigenvalue weighted by molar-refractivity contribution is -0.267. The average molecular weight is 286 g/mol. The first-order valence-corrected chi connectivity index (χ1v) is 6.30. The van der Waals surface area contributed by atoms with E-state index in [0.717, 1.165) is 9.80 Å². The second-order valence-corrected chi connectivity index (χ2v) is 4.46. The second-order valence-electron chi connectivity index (χ2n) is 4.46. The van der Waals surface area contributed by atoms with Gasteiger partial charge in [-0.2, -0.15) is 0 Å². The minimum absolute atomic E-state index is 0.156. The fraction of sp³-hybridized carbons (Fsp3) is 0.727. The maximum absolute atomic E-state index is 12.4.